The molecule has 0 aliphatic heterocycles. The minimum absolute atomic E-state index is 0.953. The van der Waals surface area contributed by atoms with Crippen molar-refractivity contribution in [3.63, 3.8) is 0 Å². The summed E-state index contributed by atoms with van der Waals surface area (Å²) in [6.45, 7) is 1.92. The first kappa shape index (κ1) is 22.4. The van der Waals surface area contributed by atoms with E-state index >= 15 is 0 Å². The SMILES string of the molecule is C(=C\CNCc1ccccc1)/CCCCCCCCCCCc1cccnc1. The van der Waals surface area contributed by atoms with Crippen LogP contribution >= 0.6 is 0 Å². The normalized spacial score (nSPS) is 11.3. The van der Waals surface area contributed by atoms with E-state index in [-0.39, 0.29) is 0 Å². The fourth-order valence-corrected chi connectivity index (χ4v) is 3.47. The van der Waals surface area contributed by atoms with Gasteiger partial charge in [0.25, 0.3) is 0 Å². The highest BCUT2D eigenvalue weighted by molar-refractivity contribution is 5.14. The van der Waals surface area contributed by atoms with Crippen LogP contribution in [0.25, 0.3) is 0 Å². The molecule has 152 valence electrons. The van der Waals surface area contributed by atoms with Crippen LogP contribution in [0.5, 0.6) is 0 Å². The lowest BCUT2D eigenvalue weighted by atomic mass is 10.0. The first-order valence-electron chi connectivity index (χ1n) is 11.2. The fourth-order valence-electron chi connectivity index (χ4n) is 3.47. The van der Waals surface area contributed by atoms with Crippen LogP contribution in [-0.4, -0.2) is 11.5 Å². The molecule has 0 atom stereocenters. The van der Waals surface area contributed by atoms with Gasteiger partial charge < -0.3 is 5.32 Å². The first-order valence-corrected chi connectivity index (χ1v) is 11.2. The molecule has 0 aliphatic rings. The first-order chi connectivity index (χ1) is 13.9. The van der Waals surface area contributed by atoms with Crippen LogP contribution in [0.3, 0.4) is 0 Å². The highest BCUT2D eigenvalue weighted by atomic mass is 14.8. The maximum atomic E-state index is 4.18. The summed E-state index contributed by atoms with van der Waals surface area (Å²) < 4.78 is 0. The molecule has 0 radical (unpaired) electrons. The number of nitrogens with one attached hydrogen (secondary N) is 1. The van der Waals surface area contributed by atoms with Crippen LogP contribution in [0.1, 0.15) is 75.3 Å². The largest absolute Gasteiger partial charge is 0.309 e. The standard InChI is InChI=1S/C26H38N2/c1(3-5-7-9-12-17-26-20-16-22-28-24-26)2-4-6-8-10-15-21-27-23-25-18-13-11-14-19-25/h10-11,13-16,18-20,22,24,27H,1-9,12,17,21,23H2/b15-10+. The lowest BCUT2D eigenvalue weighted by Crippen LogP contribution is -2.12. The molecule has 2 heteroatoms. The number of hydrogen-bond donors (Lipinski definition) is 1. The number of rotatable bonds is 16. The third kappa shape index (κ3) is 11.7. The number of unbranched alkanes of at least 4 members (excludes halogenated alkanes) is 9. The highest BCUT2D eigenvalue weighted by Gasteiger charge is 1.95. The van der Waals surface area contributed by atoms with Crippen molar-refractivity contribution < 1.29 is 0 Å². The van der Waals surface area contributed by atoms with Crippen LogP contribution in [0.15, 0.2) is 67.0 Å². The van der Waals surface area contributed by atoms with Gasteiger partial charge in [-0.3, -0.25) is 4.98 Å². The summed E-state index contributed by atoms with van der Waals surface area (Å²) in [6.07, 6.45) is 23.2. The molecule has 2 nitrogen and oxygen atoms in total. The second-order valence-corrected chi connectivity index (χ2v) is 7.67. The molecule has 0 saturated heterocycles. The molecule has 0 spiro atoms. The van der Waals surface area contributed by atoms with Gasteiger partial charge in [-0.2, -0.15) is 0 Å². The Balaban J connectivity index is 1.29. The Hall–Kier alpha value is -1.93. The zero-order valence-electron chi connectivity index (χ0n) is 17.5. The zero-order chi connectivity index (χ0) is 19.5. The van der Waals surface area contributed by atoms with Gasteiger partial charge in [0, 0.05) is 25.5 Å². The van der Waals surface area contributed by atoms with Crippen LogP contribution in [-0.2, 0) is 13.0 Å². The second kappa shape index (κ2) is 16.1. The Morgan fingerprint density at radius 2 is 1.36 bits per heavy atom. The molecule has 1 aromatic carbocycles. The molecule has 1 aromatic heterocycles. The Bertz CT molecular complexity index is 607. The topological polar surface area (TPSA) is 24.9 Å². The van der Waals surface area contributed by atoms with E-state index in [9.17, 15) is 0 Å². The summed E-state index contributed by atoms with van der Waals surface area (Å²) >= 11 is 0. The molecular weight excluding hydrogens is 340 g/mol. The summed E-state index contributed by atoms with van der Waals surface area (Å²) in [5.74, 6) is 0. The lowest BCUT2D eigenvalue weighted by molar-refractivity contribution is 0.559. The van der Waals surface area contributed by atoms with Gasteiger partial charge in [-0.25, -0.2) is 0 Å². The molecule has 1 N–H and O–H groups in total. The summed E-state index contributed by atoms with van der Waals surface area (Å²) in [6, 6.07) is 14.8. The van der Waals surface area contributed by atoms with Gasteiger partial charge in [-0.15, -0.1) is 0 Å². The molecule has 0 aliphatic carbocycles. The fraction of sp³-hybridized carbons (Fsp3) is 0.500. The third-order valence-electron chi connectivity index (χ3n) is 5.16. The van der Waals surface area contributed by atoms with E-state index in [1.807, 2.05) is 18.5 Å². The van der Waals surface area contributed by atoms with Gasteiger partial charge in [0.2, 0.25) is 0 Å². The maximum absolute atomic E-state index is 4.18. The van der Waals surface area contributed by atoms with Crippen LogP contribution < -0.4 is 5.32 Å². The van der Waals surface area contributed by atoms with E-state index in [1.54, 1.807) is 0 Å². The average Bonchev–Trinajstić information content (AvgIpc) is 2.75. The minimum atomic E-state index is 0.953. The third-order valence-corrected chi connectivity index (χ3v) is 5.16. The Kier molecular flexibility index (Phi) is 12.8. The van der Waals surface area contributed by atoms with Gasteiger partial charge in [0.15, 0.2) is 0 Å². The van der Waals surface area contributed by atoms with Crippen molar-refractivity contribution in [3.8, 4) is 0 Å². The number of benzene rings is 1. The quantitative estimate of drug-likeness (QED) is 0.255. The summed E-state index contributed by atoms with van der Waals surface area (Å²) in [5, 5.41) is 3.46. The highest BCUT2D eigenvalue weighted by Crippen LogP contribution is 2.12. The van der Waals surface area contributed by atoms with Gasteiger partial charge in [-0.1, -0.05) is 93.5 Å². The van der Waals surface area contributed by atoms with Crippen molar-refractivity contribution in [2.75, 3.05) is 6.54 Å². The molecule has 0 amide bonds. The van der Waals surface area contributed by atoms with E-state index in [4.69, 9.17) is 0 Å². The molecule has 2 rings (SSSR count). The van der Waals surface area contributed by atoms with E-state index in [2.05, 4.69) is 58.9 Å². The van der Waals surface area contributed by atoms with E-state index in [0.717, 1.165) is 13.1 Å². The molecule has 0 fully saturated rings. The van der Waals surface area contributed by atoms with E-state index in [1.165, 1.54) is 81.8 Å². The Morgan fingerprint density at radius 3 is 2.07 bits per heavy atom. The summed E-state index contributed by atoms with van der Waals surface area (Å²) in [4.78, 5) is 4.18. The molecular formula is C26H38N2. The Labute approximate surface area is 172 Å². The van der Waals surface area contributed by atoms with Crippen molar-refractivity contribution in [3.05, 3.63) is 78.1 Å². The molecule has 0 unspecified atom stereocenters. The van der Waals surface area contributed by atoms with Gasteiger partial charge in [0.1, 0.15) is 0 Å². The van der Waals surface area contributed by atoms with Crippen molar-refractivity contribution in [1.29, 1.82) is 0 Å². The van der Waals surface area contributed by atoms with Crippen molar-refractivity contribution >= 4 is 0 Å². The van der Waals surface area contributed by atoms with Crippen LogP contribution in [0.2, 0.25) is 0 Å². The molecule has 0 bridgehead atoms. The summed E-state index contributed by atoms with van der Waals surface area (Å²) in [5.41, 5.74) is 2.73. The molecule has 1 heterocycles. The monoisotopic (exact) mass is 378 g/mol. The number of aromatic nitrogens is 1. The predicted octanol–water partition coefficient (Wildman–Crippen LogP) is 6.87. The number of aryl methyl sites for hydroxylation is 1. The second-order valence-electron chi connectivity index (χ2n) is 7.67. The maximum Gasteiger partial charge on any atom is 0.0299 e. The average molecular weight is 379 g/mol. The zero-order valence-corrected chi connectivity index (χ0v) is 17.5. The van der Waals surface area contributed by atoms with Crippen LogP contribution in [0, 0.1) is 0 Å². The number of hydrogen-bond acceptors (Lipinski definition) is 2. The smallest absolute Gasteiger partial charge is 0.0299 e. The van der Waals surface area contributed by atoms with Crippen molar-refractivity contribution in [2.24, 2.45) is 0 Å². The minimum Gasteiger partial charge on any atom is -0.309 e. The molecule has 28 heavy (non-hydrogen) atoms. The number of allylic oxidation sites excluding steroid dienone is 1. The van der Waals surface area contributed by atoms with E-state index < -0.39 is 0 Å². The van der Waals surface area contributed by atoms with E-state index in [0.29, 0.717) is 0 Å². The predicted molar refractivity (Wildman–Crippen MR) is 121 cm³/mol. The molecule has 0 saturated carbocycles. The number of pyridine rings is 1. The van der Waals surface area contributed by atoms with Gasteiger partial charge in [-0.05, 0) is 42.9 Å². The van der Waals surface area contributed by atoms with Crippen molar-refractivity contribution in [1.82, 2.24) is 10.3 Å². The van der Waals surface area contributed by atoms with Gasteiger partial charge in [0.05, 0.1) is 0 Å². The lowest BCUT2D eigenvalue weighted by Gasteiger charge is -2.03. The Morgan fingerprint density at radius 1 is 0.679 bits per heavy atom. The number of nitrogens with zero attached hydrogens (tertiary/aromatic N) is 1. The summed E-state index contributed by atoms with van der Waals surface area (Å²) in [7, 11) is 0. The van der Waals surface area contributed by atoms with Crippen molar-refractivity contribution in [2.45, 2.75) is 77.2 Å². The molecule has 2 aromatic rings. The van der Waals surface area contributed by atoms with Gasteiger partial charge >= 0.3 is 0 Å². The van der Waals surface area contributed by atoms with Crippen LogP contribution in [0.4, 0.5) is 0 Å².